The smallest absolute Gasteiger partial charge is 0.255 e. The Bertz CT molecular complexity index is 1220. The molecule has 30 heavy (non-hydrogen) atoms. The number of nitrogens with two attached hydrogens (primary N) is 1. The first-order chi connectivity index (χ1) is 14.6. The molecule has 4 aromatic heterocycles. The lowest BCUT2D eigenvalue weighted by molar-refractivity contribution is 0.0599. The summed E-state index contributed by atoms with van der Waals surface area (Å²) in [6, 6.07) is 4.08. The quantitative estimate of drug-likeness (QED) is 0.479. The van der Waals surface area contributed by atoms with Crippen molar-refractivity contribution in [1.82, 2.24) is 29.9 Å². The molecule has 0 radical (unpaired) electrons. The minimum Gasteiger partial charge on any atom is -0.381 e. The van der Waals surface area contributed by atoms with Gasteiger partial charge in [0.2, 0.25) is 5.95 Å². The molecule has 0 aromatic carbocycles. The number of fused-ring (bicyclic) bond motifs is 2. The minimum absolute atomic E-state index is 0.0990. The molecule has 0 unspecified atom stereocenters. The molecular weight excluding hydrogens is 382 g/mol. The van der Waals surface area contributed by atoms with Crippen LogP contribution in [-0.2, 0) is 4.74 Å². The topological polar surface area (TPSA) is 123 Å². The lowest BCUT2D eigenvalue weighted by atomic mass is 9.93. The number of carbonyl (C=O) groups is 1. The summed E-state index contributed by atoms with van der Waals surface area (Å²) < 4.78 is 7.13. The highest BCUT2D eigenvalue weighted by Gasteiger charge is 2.24. The second-order valence-electron chi connectivity index (χ2n) is 7.68. The Morgan fingerprint density at radius 3 is 2.93 bits per heavy atom. The highest BCUT2D eigenvalue weighted by atomic mass is 16.5. The average Bonchev–Trinajstić information content (AvgIpc) is 3.37. The molecule has 0 saturated heterocycles. The van der Waals surface area contributed by atoms with Crippen LogP contribution < -0.4 is 11.1 Å². The first-order valence-corrected chi connectivity index (χ1v) is 10.0. The Balaban J connectivity index is 1.44. The van der Waals surface area contributed by atoms with Crippen LogP contribution >= 0.6 is 0 Å². The van der Waals surface area contributed by atoms with Crippen molar-refractivity contribution in [1.29, 1.82) is 0 Å². The lowest BCUT2D eigenvalue weighted by Gasteiger charge is -2.28. The normalized spacial score (nSPS) is 19.4. The molecule has 0 bridgehead atoms. The van der Waals surface area contributed by atoms with Gasteiger partial charge >= 0.3 is 0 Å². The van der Waals surface area contributed by atoms with Crippen molar-refractivity contribution in [3.8, 4) is 11.1 Å². The van der Waals surface area contributed by atoms with E-state index in [1.54, 1.807) is 24.0 Å². The van der Waals surface area contributed by atoms with Gasteiger partial charge in [0.1, 0.15) is 5.65 Å². The largest absolute Gasteiger partial charge is 0.381 e. The second kappa shape index (κ2) is 7.42. The summed E-state index contributed by atoms with van der Waals surface area (Å²) in [6.45, 7) is 0. The highest BCUT2D eigenvalue weighted by molar-refractivity contribution is 6.02. The van der Waals surface area contributed by atoms with Gasteiger partial charge in [-0.25, -0.2) is 9.50 Å². The number of rotatable bonds is 4. The molecule has 1 aliphatic carbocycles. The van der Waals surface area contributed by atoms with E-state index < -0.39 is 0 Å². The predicted octanol–water partition coefficient (Wildman–Crippen LogP) is 2.54. The third-order valence-electron chi connectivity index (χ3n) is 5.87. The minimum atomic E-state index is -0.0990. The van der Waals surface area contributed by atoms with Gasteiger partial charge < -0.3 is 20.8 Å². The second-order valence-corrected chi connectivity index (χ2v) is 7.68. The van der Waals surface area contributed by atoms with E-state index in [4.69, 9.17) is 10.5 Å². The summed E-state index contributed by atoms with van der Waals surface area (Å²) in [6.07, 6.45) is 11.1. The molecule has 9 heteroatoms. The van der Waals surface area contributed by atoms with E-state index >= 15 is 0 Å². The van der Waals surface area contributed by atoms with E-state index in [2.05, 4.69) is 25.4 Å². The summed E-state index contributed by atoms with van der Waals surface area (Å²) in [5.74, 6) is 0.124. The number of nitrogens with zero attached hydrogens (tertiary/aromatic N) is 4. The van der Waals surface area contributed by atoms with Gasteiger partial charge in [0, 0.05) is 42.7 Å². The molecule has 0 atom stereocenters. The molecule has 5 rings (SSSR count). The summed E-state index contributed by atoms with van der Waals surface area (Å²) in [4.78, 5) is 24.4. The van der Waals surface area contributed by atoms with Gasteiger partial charge in [-0.15, -0.1) is 0 Å². The maximum absolute atomic E-state index is 13.0. The van der Waals surface area contributed by atoms with Gasteiger partial charge in [-0.05, 0) is 43.4 Å². The zero-order chi connectivity index (χ0) is 20.7. The number of hydrogen-bond donors (Lipinski definition) is 3. The van der Waals surface area contributed by atoms with E-state index in [1.807, 2.05) is 24.5 Å². The zero-order valence-electron chi connectivity index (χ0n) is 16.6. The van der Waals surface area contributed by atoms with Gasteiger partial charge in [-0.1, -0.05) is 0 Å². The fraction of sp³-hybridized carbons (Fsp3) is 0.333. The van der Waals surface area contributed by atoms with Crippen LogP contribution in [0.4, 0.5) is 5.95 Å². The van der Waals surface area contributed by atoms with Gasteiger partial charge in [0.15, 0.2) is 0 Å². The van der Waals surface area contributed by atoms with E-state index in [0.29, 0.717) is 17.3 Å². The molecule has 0 aliphatic heterocycles. The zero-order valence-corrected chi connectivity index (χ0v) is 16.6. The third-order valence-corrected chi connectivity index (χ3v) is 5.87. The predicted molar refractivity (Wildman–Crippen MR) is 113 cm³/mol. The molecule has 1 amide bonds. The van der Waals surface area contributed by atoms with Crippen LogP contribution in [0.5, 0.6) is 0 Å². The lowest BCUT2D eigenvalue weighted by Crippen LogP contribution is -2.38. The van der Waals surface area contributed by atoms with E-state index in [-0.39, 0.29) is 17.9 Å². The number of methoxy groups -OCH3 is 1. The summed E-state index contributed by atoms with van der Waals surface area (Å²) in [7, 11) is 1.74. The van der Waals surface area contributed by atoms with Crippen molar-refractivity contribution in [3.05, 3.63) is 42.5 Å². The molecule has 9 nitrogen and oxygen atoms in total. The molecule has 4 heterocycles. The number of ether oxygens (including phenoxy) is 1. The molecule has 4 N–H and O–H groups in total. The number of nitrogens with one attached hydrogen (secondary N) is 2. The standard InChI is InChI=1S/C21H23N7O2/c1-30-14-4-2-13(3-5-14)26-20(29)17-11-25-28-7-6-12(8-18(17)28)15-9-23-19-16(15)10-24-21(22)27-19/h6-11,13-14H,2-5H2,1H3,(H,26,29)(H3,22,23,24,27)/t13-,14-. The molecule has 1 fully saturated rings. The van der Waals surface area contributed by atoms with Crippen molar-refractivity contribution >= 4 is 28.4 Å². The van der Waals surface area contributed by atoms with Crippen molar-refractivity contribution < 1.29 is 9.53 Å². The van der Waals surface area contributed by atoms with Crippen LogP contribution in [0.2, 0.25) is 0 Å². The van der Waals surface area contributed by atoms with Crippen molar-refractivity contribution in [2.45, 2.75) is 37.8 Å². The number of anilines is 1. The SMILES string of the molecule is CO[C@H]1CC[C@H](NC(=O)c2cnn3ccc(-c4c[nH]c5nc(N)ncc45)cc23)CC1. The number of aromatic amines is 1. The third kappa shape index (κ3) is 3.26. The van der Waals surface area contributed by atoms with Gasteiger partial charge in [0.05, 0.1) is 23.4 Å². The van der Waals surface area contributed by atoms with Crippen LogP contribution in [0.3, 0.4) is 0 Å². The van der Waals surface area contributed by atoms with Gasteiger partial charge in [-0.3, -0.25) is 4.79 Å². The van der Waals surface area contributed by atoms with Crippen LogP contribution in [0.25, 0.3) is 27.7 Å². The maximum Gasteiger partial charge on any atom is 0.255 e. The van der Waals surface area contributed by atoms with Gasteiger partial charge in [0.25, 0.3) is 5.91 Å². The van der Waals surface area contributed by atoms with Crippen molar-refractivity contribution in [2.24, 2.45) is 0 Å². The Labute approximate surface area is 172 Å². The molecule has 1 aliphatic rings. The summed E-state index contributed by atoms with van der Waals surface area (Å²) in [5, 5.41) is 8.37. The molecule has 4 aromatic rings. The van der Waals surface area contributed by atoms with Crippen LogP contribution in [-0.4, -0.2) is 49.7 Å². The number of hydrogen-bond acceptors (Lipinski definition) is 6. The van der Waals surface area contributed by atoms with Crippen molar-refractivity contribution in [3.63, 3.8) is 0 Å². The van der Waals surface area contributed by atoms with Crippen LogP contribution in [0.1, 0.15) is 36.0 Å². The van der Waals surface area contributed by atoms with Crippen LogP contribution in [0, 0.1) is 0 Å². The fourth-order valence-corrected chi connectivity index (χ4v) is 4.19. The molecule has 1 saturated carbocycles. The first kappa shape index (κ1) is 18.6. The average molecular weight is 405 g/mol. The van der Waals surface area contributed by atoms with Crippen molar-refractivity contribution in [2.75, 3.05) is 12.8 Å². The Kier molecular flexibility index (Phi) is 4.59. The molecule has 154 valence electrons. The number of pyridine rings is 1. The maximum atomic E-state index is 13.0. The highest BCUT2D eigenvalue weighted by Crippen LogP contribution is 2.29. The fourth-order valence-electron chi connectivity index (χ4n) is 4.19. The molecular formula is C21H23N7O2. The number of amides is 1. The molecule has 0 spiro atoms. The monoisotopic (exact) mass is 405 g/mol. The van der Waals surface area contributed by atoms with Crippen LogP contribution in [0.15, 0.2) is 36.9 Å². The first-order valence-electron chi connectivity index (χ1n) is 10.0. The summed E-state index contributed by atoms with van der Waals surface area (Å²) >= 11 is 0. The van der Waals surface area contributed by atoms with E-state index in [9.17, 15) is 4.79 Å². The summed E-state index contributed by atoms with van der Waals surface area (Å²) in [5.41, 5.74) is 9.55. The Hall–Kier alpha value is -3.46. The number of carbonyl (C=O) groups excluding carboxylic acids is 1. The number of nitrogen functional groups attached to an aromatic ring is 1. The van der Waals surface area contributed by atoms with Gasteiger partial charge in [-0.2, -0.15) is 10.1 Å². The Morgan fingerprint density at radius 2 is 2.13 bits per heavy atom. The number of H-pyrrole nitrogens is 1. The Morgan fingerprint density at radius 1 is 1.30 bits per heavy atom. The van der Waals surface area contributed by atoms with E-state index in [0.717, 1.165) is 47.7 Å². The van der Waals surface area contributed by atoms with E-state index in [1.165, 1.54) is 0 Å². The number of aromatic nitrogens is 5.